The molecule has 2 fully saturated rings. The van der Waals surface area contributed by atoms with Gasteiger partial charge in [0.25, 0.3) is 0 Å². The monoisotopic (exact) mass is 412 g/mol. The smallest absolute Gasteiger partial charge is 0.241 e. The molecule has 0 bridgehead atoms. The minimum atomic E-state index is -3.79. The number of nitrogens with one attached hydrogen (secondary N) is 2. The van der Waals surface area contributed by atoms with E-state index in [0.717, 1.165) is 19.3 Å². The molecule has 1 saturated carbocycles. The molecule has 1 aromatic carbocycles. The first kappa shape index (κ1) is 21.0. The summed E-state index contributed by atoms with van der Waals surface area (Å²) in [5.41, 5.74) is 0. The molecule has 1 aliphatic heterocycles. The number of sulfonamides is 1. The van der Waals surface area contributed by atoms with Gasteiger partial charge in [-0.15, -0.1) is 0 Å². The molecule has 1 aromatic rings. The molecule has 3 atom stereocenters. The molecule has 8 nitrogen and oxygen atoms in total. The average molecular weight is 413 g/mol. The third-order valence-electron chi connectivity index (χ3n) is 5.34. The second-order valence-corrected chi connectivity index (χ2v) is 9.08. The highest BCUT2D eigenvalue weighted by atomic mass is 32.2. The van der Waals surface area contributed by atoms with Gasteiger partial charge in [0, 0.05) is 12.1 Å². The Morgan fingerprint density at radius 3 is 2.71 bits per heavy atom. The molecule has 0 unspecified atom stereocenters. The lowest BCUT2D eigenvalue weighted by atomic mass is 9.92. The lowest BCUT2D eigenvalue weighted by Gasteiger charge is -2.36. The van der Waals surface area contributed by atoms with Crippen LogP contribution in [0.25, 0.3) is 0 Å². The number of aliphatic hydroxyl groups excluding tert-OH is 1. The highest BCUT2D eigenvalue weighted by Crippen LogP contribution is 2.25. The molecule has 1 aliphatic carbocycles. The molecule has 1 amide bonds. The molecule has 1 heterocycles. The molecular weight excluding hydrogens is 384 g/mol. The quantitative estimate of drug-likeness (QED) is 0.586. The van der Waals surface area contributed by atoms with Gasteiger partial charge >= 0.3 is 0 Å². The number of aliphatic hydroxyl groups is 1. The Bertz CT molecular complexity index is 780. The fourth-order valence-electron chi connectivity index (χ4n) is 3.50. The molecule has 2 aliphatic rings. The maximum atomic E-state index is 12.7. The van der Waals surface area contributed by atoms with Gasteiger partial charge in [-0.3, -0.25) is 4.79 Å². The summed E-state index contributed by atoms with van der Waals surface area (Å²) in [5, 5.41) is 12.6. The highest BCUT2D eigenvalue weighted by Gasteiger charge is 2.35. The van der Waals surface area contributed by atoms with E-state index in [0.29, 0.717) is 18.6 Å². The molecule has 0 radical (unpaired) electrons. The van der Waals surface area contributed by atoms with E-state index in [1.165, 1.54) is 19.2 Å². The normalized spacial score (nSPS) is 25.7. The molecule has 1 saturated heterocycles. The summed E-state index contributed by atoms with van der Waals surface area (Å²) in [6, 6.07) is 5.90. The second-order valence-electron chi connectivity index (χ2n) is 7.36. The second kappa shape index (κ2) is 9.21. The largest absolute Gasteiger partial charge is 0.497 e. The fourth-order valence-corrected chi connectivity index (χ4v) is 4.83. The Hall–Kier alpha value is -1.68. The standard InChI is InChI=1S/C19H28N2O6S/c1-26-14-6-3-7-16(10-14)28(24,25)21-17-9-8-15(27-18(17)12-22)11-19(23)20-13-4-2-5-13/h3,6-7,10,13,15,17-18,21-22H,2,4-5,8-9,11-12H2,1H3,(H,20,23)/t15-,17+,18+/m0/s1. The van der Waals surface area contributed by atoms with Crippen molar-refractivity contribution in [1.82, 2.24) is 10.0 Å². The van der Waals surface area contributed by atoms with Crippen molar-refractivity contribution >= 4 is 15.9 Å². The van der Waals surface area contributed by atoms with Gasteiger partial charge in [0.15, 0.2) is 0 Å². The predicted molar refractivity (Wildman–Crippen MR) is 102 cm³/mol. The predicted octanol–water partition coefficient (Wildman–Crippen LogP) is 0.941. The maximum Gasteiger partial charge on any atom is 0.241 e. The fraction of sp³-hybridized carbons (Fsp3) is 0.632. The minimum Gasteiger partial charge on any atom is -0.497 e. The van der Waals surface area contributed by atoms with Crippen LogP contribution in [0.5, 0.6) is 5.75 Å². The van der Waals surface area contributed by atoms with Crippen LogP contribution < -0.4 is 14.8 Å². The Balaban J connectivity index is 1.58. The van der Waals surface area contributed by atoms with Crippen LogP contribution in [0.2, 0.25) is 0 Å². The number of hydrogen-bond donors (Lipinski definition) is 3. The first-order valence-electron chi connectivity index (χ1n) is 9.63. The van der Waals surface area contributed by atoms with E-state index >= 15 is 0 Å². The van der Waals surface area contributed by atoms with E-state index in [2.05, 4.69) is 10.0 Å². The molecule has 3 rings (SSSR count). The van der Waals surface area contributed by atoms with Gasteiger partial charge in [-0.05, 0) is 44.2 Å². The number of hydrogen-bond acceptors (Lipinski definition) is 6. The number of methoxy groups -OCH3 is 1. The molecular formula is C19H28N2O6S. The molecule has 9 heteroatoms. The van der Waals surface area contributed by atoms with Crippen LogP contribution in [0.15, 0.2) is 29.2 Å². The molecule has 0 spiro atoms. The SMILES string of the molecule is COc1cccc(S(=O)(=O)N[C@@H]2CC[C@@H](CC(=O)NC3CCC3)O[C@@H]2CO)c1. The van der Waals surface area contributed by atoms with E-state index in [1.807, 2.05) is 0 Å². The van der Waals surface area contributed by atoms with Crippen molar-refractivity contribution in [2.75, 3.05) is 13.7 Å². The van der Waals surface area contributed by atoms with Crippen LogP contribution in [0.1, 0.15) is 38.5 Å². The lowest BCUT2D eigenvalue weighted by molar-refractivity contribution is -0.131. The summed E-state index contributed by atoms with van der Waals surface area (Å²) in [4.78, 5) is 12.2. The average Bonchev–Trinajstić information content (AvgIpc) is 2.65. The summed E-state index contributed by atoms with van der Waals surface area (Å²) in [7, 11) is -2.32. The van der Waals surface area contributed by atoms with Crippen molar-refractivity contribution in [1.29, 1.82) is 0 Å². The van der Waals surface area contributed by atoms with Crippen molar-refractivity contribution in [3.8, 4) is 5.75 Å². The van der Waals surface area contributed by atoms with Crippen LogP contribution >= 0.6 is 0 Å². The zero-order valence-electron chi connectivity index (χ0n) is 16.0. The van der Waals surface area contributed by atoms with Crippen LogP contribution in [-0.2, 0) is 19.6 Å². The van der Waals surface area contributed by atoms with Gasteiger partial charge in [-0.1, -0.05) is 6.07 Å². The number of rotatable bonds is 8. The number of carbonyl (C=O) groups is 1. The third-order valence-corrected chi connectivity index (χ3v) is 6.82. The maximum absolute atomic E-state index is 12.7. The zero-order chi connectivity index (χ0) is 20.1. The van der Waals surface area contributed by atoms with Gasteiger partial charge < -0.3 is 19.9 Å². The van der Waals surface area contributed by atoms with Crippen LogP contribution in [0, 0.1) is 0 Å². The van der Waals surface area contributed by atoms with Crippen LogP contribution in [-0.4, -0.2) is 57.4 Å². The van der Waals surface area contributed by atoms with Crippen molar-refractivity contribution in [2.24, 2.45) is 0 Å². The molecule has 3 N–H and O–H groups in total. The Kier molecular flexibility index (Phi) is 6.92. The summed E-state index contributed by atoms with van der Waals surface area (Å²) in [6.45, 7) is -0.327. The van der Waals surface area contributed by atoms with Crippen LogP contribution in [0.3, 0.4) is 0 Å². The third kappa shape index (κ3) is 5.22. The van der Waals surface area contributed by atoms with E-state index < -0.39 is 22.2 Å². The van der Waals surface area contributed by atoms with Crippen molar-refractivity contribution < 1.29 is 27.8 Å². The summed E-state index contributed by atoms with van der Waals surface area (Å²) < 4.78 is 38.9. The number of ether oxygens (including phenoxy) is 2. The summed E-state index contributed by atoms with van der Waals surface area (Å²) in [6.07, 6.45) is 3.41. The van der Waals surface area contributed by atoms with E-state index in [9.17, 15) is 18.3 Å². The van der Waals surface area contributed by atoms with Crippen molar-refractivity contribution in [3.63, 3.8) is 0 Å². The van der Waals surface area contributed by atoms with Crippen molar-refractivity contribution in [3.05, 3.63) is 24.3 Å². The first-order chi connectivity index (χ1) is 13.4. The first-order valence-corrected chi connectivity index (χ1v) is 11.1. The Morgan fingerprint density at radius 2 is 2.07 bits per heavy atom. The van der Waals surface area contributed by atoms with Gasteiger partial charge in [-0.2, -0.15) is 0 Å². The van der Waals surface area contributed by atoms with Gasteiger partial charge in [0.05, 0.1) is 43.3 Å². The van der Waals surface area contributed by atoms with Gasteiger partial charge in [0.2, 0.25) is 15.9 Å². The summed E-state index contributed by atoms with van der Waals surface area (Å²) in [5.74, 6) is 0.390. The molecule has 156 valence electrons. The molecule has 28 heavy (non-hydrogen) atoms. The number of amides is 1. The zero-order valence-corrected chi connectivity index (χ0v) is 16.8. The minimum absolute atomic E-state index is 0.0539. The summed E-state index contributed by atoms with van der Waals surface area (Å²) >= 11 is 0. The van der Waals surface area contributed by atoms with E-state index in [-0.39, 0.29) is 36.0 Å². The van der Waals surface area contributed by atoms with Gasteiger partial charge in [-0.25, -0.2) is 13.1 Å². The van der Waals surface area contributed by atoms with E-state index in [4.69, 9.17) is 9.47 Å². The highest BCUT2D eigenvalue weighted by molar-refractivity contribution is 7.89. The number of benzene rings is 1. The van der Waals surface area contributed by atoms with Gasteiger partial charge in [0.1, 0.15) is 5.75 Å². The van der Waals surface area contributed by atoms with Crippen molar-refractivity contribution in [2.45, 2.75) is 67.7 Å². The Labute approximate surface area is 165 Å². The van der Waals surface area contributed by atoms with Crippen LogP contribution in [0.4, 0.5) is 0 Å². The Morgan fingerprint density at radius 1 is 1.29 bits per heavy atom. The molecule has 0 aromatic heterocycles. The number of carbonyl (C=O) groups excluding carboxylic acids is 1. The topological polar surface area (TPSA) is 114 Å². The van der Waals surface area contributed by atoms with E-state index in [1.54, 1.807) is 12.1 Å². The lowest BCUT2D eigenvalue weighted by Crippen LogP contribution is -2.51.